The zero-order chi connectivity index (χ0) is 39.4. The number of carbonyl (C=O) groups excluding carboxylic acids is 4. The first-order valence-electron chi connectivity index (χ1n) is 18.0. The van der Waals surface area contributed by atoms with Crippen LogP contribution in [0.2, 0.25) is 0 Å². The van der Waals surface area contributed by atoms with Gasteiger partial charge in [-0.2, -0.15) is 0 Å². The fourth-order valence-electron chi connectivity index (χ4n) is 9.75. The van der Waals surface area contributed by atoms with Crippen molar-refractivity contribution in [2.75, 3.05) is 26.9 Å². The Labute approximate surface area is 311 Å². The molecule has 294 valence electrons. The van der Waals surface area contributed by atoms with Gasteiger partial charge in [-0.05, 0) is 98.5 Å². The van der Waals surface area contributed by atoms with Crippen LogP contribution in [0.15, 0.2) is 42.0 Å². The summed E-state index contributed by atoms with van der Waals surface area (Å²) in [5, 5.41) is 30.5. The van der Waals surface area contributed by atoms with Crippen LogP contribution >= 0.6 is 0 Å². The molecule has 17 heteroatoms. The number of hydrogen-bond acceptors (Lipinski definition) is 15. The number of hydrogen-bond donors (Lipinski definition) is 1. The molecule has 17 nitrogen and oxygen atoms in total. The second kappa shape index (κ2) is 16.5. The standard InChI is InChI=1S/C37H46N2O15/c1-21-15-27-26-10-9-23-17-24(40)12-13-36(23,2)33(26)28(41)18-37(27,3)32(21)29(42)20-51-35(44)53-30-11-8-22(16-31(30)49-4)34(43)50-14-6-5-7-25(54-39(47)48)19-52-38(45)46/h8,11-13,16-17,21,25-28,32-33,41H,5-7,9-10,14-15,18-20H2,1-4H3/t21-,25?,26?,27?,28?,32?,33?,36?,37?/m1/s1. The minimum absolute atomic E-state index is 0.00595. The maximum Gasteiger partial charge on any atom is 0.514 e. The van der Waals surface area contributed by atoms with Gasteiger partial charge in [0.2, 0.25) is 0 Å². The molecule has 3 saturated carbocycles. The highest BCUT2D eigenvalue weighted by molar-refractivity contribution is 6.01. The summed E-state index contributed by atoms with van der Waals surface area (Å²) < 4.78 is 21.1. The van der Waals surface area contributed by atoms with Gasteiger partial charge in [0.1, 0.15) is 12.7 Å². The van der Waals surface area contributed by atoms with Crippen LogP contribution in [0.25, 0.3) is 0 Å². The lowest BCUT2D eigenvalue weighted by molar-refractivity contribution is -0.790. The van der Waals surface area contributed by atoms with Crippen LogP contribution in [0.4, 0.5) is 4.79 Å². The molecule has 0 aliphatic heterocycles. The van der Waals surface area contributed by atoms with E-state index in [1.54, 1.807) is 12.2 Å². The van der Waals surface area contributed by atoms with E-state index >= 15 is 0 Å². The third-order valence-electron chi connectivity index (χ3n) is 11.9. The number of unbranched alkanes of at least 4 members (excludes halogenated alkanes) is 1. The fraction of sp³-hybridized carbons (Fsp3) is 0.622. The number of ketones is 2. The fourth-order valence-corrected chi connectivity index (χ4v) is 9.75. The molecule has 0 heterocycles. The van der Waals surface area contributed by atoms with Gasteiger partial charge in [-0.3, -0.25) is 9.59 Å². The van der Waals surface area contributed by atoms with Crippen molar-refractivity contribution in [3.63, 3.8) is 0 Å². The molecule has 3 fully saturated rings. The van der Waals surface area contributed by atoms with Crippen LogP contribution in [0.1, 0.15) is 76.1 Å². The number of methoxy groups -OCH3 is 1. The van der Waals surface area contributed by atoms with Crippen molar-refractivity contribution in [1.29, 1.82) is 0 Å². The molecule has 8 unspecified atom stereocenters. The van der Waals surface area contributed by atoms with Crippen LogP contribution in [-0.2, 0) is 28.7 Å². The van der Waals surface area contributed by atoms with Gasteiger partial charge >= 0.3 is 12.1 Å². The van der Waals surface area contributed by atoms with Crippen LogP contribution < -0.4 is 9.47 Å². The molecule has 0 aromatic heterocycles. The highest BCUT2D eigenvalue weighted by atomic mass is 17.0. The lowest BCUT2D eigenvalue weighted by Gasteiger charge is -2.58. The van der Waals surface area contributed by atoms with Crippen molar-refractivity contribution in [2.24, 2.45) is 40.4 Å². The molecule has 0 amide bonds. The lowest BCUT2D eigenvalue weighted by Crippen LogP contribution is -2.56. The quantitative estimate of drug-likeness (QED) is 0.0766. The summed E-state index contributed by atoms with van der Waals surface area (Å²) in [6, 6.07) is 3.93. The number of allylic oxidation sites excluding steroid dienone is 4. The zero-order valence-electron chi connectivity index (χ0n) is 30.6. The van der Waals surface area contributed by atoms with E-state index in [4.69, 9.17) is 18.9 Å². The van der Waals surface area contributed by atoms with Gasteiger partial charge in [-0.1, -0.05) is 32.4 Å². The molecule has 1 aromatic carbocycles. The average Bonchev–Trinajstić information content (AvgIpc) is 3.38. The third kappa shape index (κ3) is 8.50. The SMILES string of the molecule is COc1cc(C(=O)OCCCCC(CO[N+](=O)[O-])O[N+](=O)[O-])ccc1OC(=O)OCC(=O)C1[C@H](C)CC2C3CCC4=CC(=O)C=CC4(C)C3C(O)CC21C. The molecule has 1 aromatic rings. The van der Waals surface area contributed by atoms with Crippen molar-refractivity contribution in [1.82, 2.24) is 0 Å². The monoisotopic (exact) mass is 758 g/mol. The zero-order valence-corrected chi connectivity index (χ0v) is 30.6. The Kier molecular flexibility index (Phi) is 12.3. The lowest BCUT2D eigenvalue weighted by atomic mass is 9.46. The molecule has 9 atom stereocenters. The van der Waals surface area contributed by atoms with Gasteiger partial charge in [-0.15, -0.1) is 20.2 Å². The number of esters is 1. The Balaban J connectivity index is 1.12. The van der Waals surface area contributed by atoms with Crippen LogP contribution in [0, 0.1) is 60.6 Å². The number of Topliss-reactive ketones (excluding diaryl/α,β-unsaturated/α-hetero) is 1. The minimum atomic E-state index is -1.17. The smallest absolute Gasteiger partial charge is 0.493 e. The largest absolute Gasteiger partial charge is 0.514 e. The van der Waals surface area contributed by atoms with Gasteiger partial charge in [0.25, 0.3) is 10.2 Å². The highest BCUT2D eigenvalue weighted by Gasteiger charge is 2.64. The summed E-state index contributed by atoms with van der Waals surface area (Å²) >= 11 is 0. The van der Waals surface area contributed by atoms with E-state index in [1.165, 1.54) is 25.3 Å². The van der Waals surface area contributed by atoms with Gasteiger partial charge in [-0.25, -0.2) is 9.59 Å². The molecule has 0 radical (unpaired) electrons. The van der Waals surface area contributed by atoms with Gasteiger partial charge in [0, 0.05) is 17.3 Å². The van der Waals surface area contributed by atoms with E-state index < -0.39 is 64.5 Å². The molecule has 5 rings (SSSR count). The first kappa shape index (κ1) is 40.1. The number of fused-ring (bicyclic) bond motifs is 5. The average molecular weight is 759 g/mol. The predicted molar refractivity (Wildman–Crippen MR) is 185 cm³/mol. The maximum absolute atomic E-state index is 13.8. The molecule has 1 N–H and O–H groups in total. The summed E-state index contributed by atoms with van der Waals surface area (Å²) in [6.45, 7) is 4.97. The number of aliphatic hydroxyl groups is 1. The first-order chi connectivity index (χ1) is 25.6. The van der Waals surface area contributed by atoms with E-state index in [1.807, 2.05) is 13.0 Å². The molecule has 4 aliphatic carbocycles. The molecule has 0 bridgehead atoms. The molecular weight excluding hydrogens is 712 g/mol. The highest BCUT2D eigenvalue weighted by Crippen LogP contribution is 2.67. The Hall–Kier alpha value is -5.06. The summed E-state index contributed by atoms with van der Waals surface area (Å²) in [6.07, 6.45) is 5.66. The summed E-state index contributed by atoms with van der Waals surface area (Å²) in [5.41, 5.74) is 0.204. The first-order valence-corrected chi connectivity index (χ1v) is 18.0. The van der Waals surface area contributed by atoms with Crippen molar-refractivity contribution in [3.8, 4) is 11.5 Å². The third-order valence-corrected chi connectivity index (χ3v) is 11.9. The topological polar surface area (TPSA) is 230 Å². The maximum atomic E-state index is 13.8. The summed E-state index contributed by atoms with van der Waals surface area (Å²) in [7, 11) is 1.30. The van der Waals surface area contributed by atoms with E-state index in [9.17, 15) is 44.5 Å². The Morgan fingerprint density at radius 3 is 2.54 bits per heavy atom. The number of nitrogens with zero attached hydrogens (tertiary/aromatic N) is 2. The molecule has 4 aliphatic rings. The Bertz CT molecular complexity index is 1710. The summed E-state index contributed by atoms with van der Waals surface area (Å²) in [4.78, 5) is 80.8. The number of rotatable bonds is 16. The van der Waals surface area contributed by atoms with Gasteiger partial charge in [0.05, 0.1) is 25.4 Å². The minimum Gasteiger partial charge on any atom is -0.493 e. The molecule has 0 saturated heterocycles. The van der Waals surface area contributed by atoms with Crippen molar-refractivity contribution in [3.05, 3.63) is 67.8 Å². The summed E-state index contributed by atoms with van der Waals surface area (Å²) in [5.74, 6) is -1.25. The van der Waals surface area contributed by atoms with E-state index in [-0.39, 0.29) is 78.2 Å². The van der Waals surface area contributed by atoms with E-state index in [0.717, 1.165) is 24.8 Å². The molecular formula is C37H46N2O15. The van der Waals surface area contributed by atoms with Crippen LogP contribution in [0.5, 0.6) is 11.5 Å². The Morgan fingerprint density at radius 2 is 1.83 bits per heavy atom. The molecule has 0 spiro atoms. The van der Waals surface area contributed by atoms with Crippen molar-refractivity contribution >= 4 is 23.7 Å². The van der Waals surface area contributed by atoms with Crippen LogP contribution in [-0.4, -0.2) is 78.1 Å². The van der Waals surface area contributed by atoms with Crippen molar-refractivity contribution < 1.29 is 63.1 Å². The number of ether oxygens (including phenoxy) is 4. The number of aliphatic hydroxyl groups excluding tert-OH is 1. The van der Waals surface area contributed by atoms with E-state index in [2.05, 4.69) is 23.5 Å². The number of benzene rings is 1. The van der Waals surface area contributed by atoms with E-state index in [0.29, 0.717) is 6.42 Å². The second-order valence-corrected chi connectivity index (χ2v) is 15.1. The normalized spacial score (nSPS) is 30.0. The van der Waals surface area contributed by atoms with Gasteiger partial charge < -0.3 is 33.7 Å². The Morgan fingerprint density at radius 1 is 1.07 bits per heavy atom. The number of carbonyl (C=O) groups is 4. The predicted octanol–water partition coefficient (Wildman–Crippen LogP) is 5.03. The van der Waals surface area contributed by atoms with Crippen molar-refractivity contribution in [2.45, 2.75) is 77.9 Å². The van der Waals surface area contributed by atoms with Gasteiger partial charge in [0.15, 0.2) is 29.7 Å². The van der Waals surface area contributed by atoms with Crippen LogP contribution in [0.3, 0.4) is 0 Å². The second-order valence-electron chi connectivity index (χ2n) is 15.1. The molecule has 54 heavy (non-hydrogen) atoms.